The number of amides is 2. The lowest BCUT2D eigenvalue weighted by Gasteiger charge is -2.31. The van der Waals surface area contributed by atoms with Gasteiger partial charge in [-0.3, -0.25) is 9.59 Å². The molecule has 2 aliphatic heterocycles. The zero-order valence-corrected chi connectivity index (χ0v) is 15.5. The Bertz CT molecular complexity index is 662. The van der Waals surface area contributed by atoms with E-state index < -0.39 is 0 Å². The van der Waals surface area contributed by atoms with Crippen molar-refractivity contribution >= 4 is 17.5 Å². The summed E-state index contributed by atoms with van der Waals surface area (Å²) in [4.78, 5) is 29.3. The van der Waals surface area contributed by atoms with Crippen LogP contribution in [-0.4, -0.2) is 81.3 Å². The number of anilines is 1. The van der Waals surface area contributed by atoms with Crippen molar-refractivity contribution in [3.63, 3.8) is 0 Å². The molecule has 1 aromatic rings. The maximum Gasteiger partial charge on any atom is 0.261 e. The number of hydrogen-bond acceptors (Lipinski definition) is 6. The van der Waals surface area contributed by atoms with Crippen LogP contribution in [0.25, 0.3) is 0 Å². The largest absolute Gasteiger partial charge is 0.495 e. The normalized spacial score (nSPS) is 17.2. The highest BCUT2D eigenvalue weighted by Crippen LogP contribution is 2.23. The molecule has 0 atom stereocenters. The van der Waals surface area contributed by atoms with Gasteiger partial charge in [0.1, 0.15) is 11.3 Å². The fourth-order valence-corrected chi connectivity index (χ4v) is 3.00. The SMILES string of the molecule is COc1ccccc1NC=C(C(=O)N1CCOCC1)C(=O)N1CCOCC1. The first-order valence-corrected chi connectivity index (χ1v) is 9.04. The van der Waals surface area contributed by atoms with Gasteiger partial charge in [0.15, 0.2) is 0 Å². The average molecular weight is 375 g/mol. The van der Waals surface area contributed by atoms with Crippen LogP contribution in [0.15, 0.2) is 36.0 Å². The predicted octanol–water partition coefficient (Wildman–Crippen LogP) is 0.709. The molecule has 2 saturated heterocycles. The van der Waals surface area contributed by atoms with Gasteiger partial charge in [0.2, 0.25) is 0 Å². The van der Waals surface area contributed by atoms with Gasteiger partial charge in [-0.1, -0.05) is 12.1 Å². The molecule has 0 aliphatic carbocycles. The molecule has 1 N–H and O–H groups in total. The summed E-state index contributed by atoms with van der Waals surface area (Å²) in [5, 5.41) is 3.06. The number of benzene rings is 1. The van der Waals surface area contributed by atoms with E-state index in [4.69, 9.17) is 14.2 Å². The molecule has 2 fully saturated rings. The molecule has 0 radical (unpaired) electrons. The lowest BCUT2D eigenvalue weighted by Crippen LogP contribution is -2.47. The highest BCUT2D eigenvalue weighted by molar-refractivity contribution is 6.18. The molecular formula is C19H25N3O5. The van der Waals surface area contributed by atoms with Gasteiger partial charge in [-0.05, 0) is 12.1 Å². The summed E-state index contributed by atoms with van der Waals surface area (Å²) in [5.74, 6) is 0.0418. The fourth-order valence-electron chi connectivity index (χ4n) is 3.00. The van der Waals surface area contributed by atoms with Crippen LogP contribution in [-0.2, 0) is 19.1 Å². The van der Waals surface area contributed by atoms with Crippen molar-refractivity contribution in [3.05, 3.63) is 36.0 Å². The average Bonchev–Trinajstić information content (AvgIpc) is 2.75. The van der Waals surface area contributed by atoms with Gasteiger partial charge in [0, 0.05) is 32.4 Å². The zero-order valence-electron chi connectivity index (χ0n) is 15.5. The Balaban J connectivity index is 1.83. The highest BCUT2D eigenvalue weighted by Gasteiger charge is 2.29. The summed E-state index contributed by atoms with van der Waals surface area (Å²) in [6.07, 6.45) is 1.48. The molecule has 0 unspecified atom stereocenters. The molecule has 0 saturated carbocycles. The first-order valence-electron chi connectivity index (χ1n) is 9.04. The molecule has 0 spiro atoms. The van der Waals surface area contributed by atoms with Crippen LogP contribution in [0.3, 0.4) is 0 Å². The monoisotopic (exact) mass is 375 g/mol. The molecule has 1 aromatic carbocycles. The van der Waals surface area contributed by atoms with Crippen molar-refractivity contribution in [1.29, 1.82) is 0 Å². The molecule has 2 heterocycles. The molecule has 0 bridgehead atoms. The Morgan fingerprint density at radius 3 is 2.00 bits per heavy atom. The molecule has 8 heteroatoms. The number of morpholine rings is 2. The minimum Gasteiger partial charge on any atom is -0.495 e. The summed E-state index contributed by atoms with van der Waals surface area (Å²) in [5.41, 5.74) is 0.784. The van der Waals surface area contributed by atoms with Crippen LogP contribution in [0.2, 0.25) is 0 Å². The maximum absolute atomic E-state index is 13.0. The third-order valence-corrected chi connectivity index (χ3v) is 4.54. The van der Waals surface area contributed by atoms with Gasteiger partial charge in [0.25, 0.3) is 11.8 Å². The second kappa shape index (κ2) is 9.38. The third-order valence-electron chi connectivity index (χ3n) is 4.54. The maximum atomic E-state index is 13.0. The van der Waals surface area contributed by atoms with Crippen LogP contribution < -0.4 is 10.1 Å². The van der Waals surface area contributed by atoms with E-state index >= 15 is 0 Å². The summed E-state index contributed by atoms with van der Waals surface area (Å²) < 4.78 is 15.9. The first-order chi connectivity index (χ1) is 13.2. The van der Waals surface area contributed by atoms with E-state index in [1.807, 2.05) is 24.3 Å². The number of hydrogen-bond donors (Lipinski definition) is 1. The topological polar surface area (TPSA) is 80.3 Å². The lowest BCUT2D eigenvalue weighted by molar-refractivity contribution is -0.138. The third kappa shape index (κ3) is 4.78. The van der Waals surface area contributed by atoms with E-state index in [1.54, 1.807) is 16.9 Å². The number of nitrogens with one attached hydrogen (secondary N) is 1. The number of methoxy groups -OCH3 is 1. The van der Waals surface area contributed by atoms with E-state index in [0.717, 1.165) is 0 Å². The quantitative estimate of drug-likeness (QED) is 0.464. The summed E-state index contributed by atoms with van der Waals surface area (Å²) >= 11 is 0. The number of ether oxygens (including phenoxy) is 3. The number of carbonyl (C=O) groups is 2. The van der Waals surface area contributed by atoms with Crippen molar-refractivity contribution in [1.82, 2.24) is 9.80 Å². The van der Waals surface area contributed by atoms with Gasteiger partial charge >= 0.3 is 0 Å². The summed E-state index contributed by atoms with van der Waals surface area (Å²) in [6.45, 7) is 3.80. The van der Waals surface area contributed by atoms with Crippen molar-refractivity contribution in [2.24, 2.45) is 0 Å². The van der Waals surface area contributed by atoms with Gasteiger partial charge < -0.3 is 29.3 Å². The molecule has 3 rings (SSSR count). The Morgan fingerprint density at radius 2 is 1.48 bits per heavy atom. The van der Waals surface area contributed by atoms with Gasteiger partial charge in [-0.25, -0.2) is 0 Å². The number of para-hydroxylation sites is 2. The smallest absolute Gasteiger partial charge is 0.261 e. The molecular weight excluding hydrogens is 350 g/mol. The van der Waals surface area contributed by atoms with Crippen LogP contribution in [0.5, 0.6) is 5.75 Å². The predicted molar refractivity (Wildman–Crippen MR) is 99.5 cm³/mol. The van der Waals surface area contributed by atoms with E-state index in [2.05, 4.69) is 5.32 Å². The lowest BCUT2D eigenvalue weighted by atomic mass is 10.2. The second-order valence-electron chi connectivity index (χ2n) is 6.21. The molecule has 146 valence electrons. The van der Waals surface area contributed by atoms with E-state index in [9.17, 15) is 9.59 Å². The standard InChI is InChI=1S/C19H25N3O5/c1-25-17-5-3-2-4-16(17)20-14-15(18(23)21-6-10-26-11-7-21)19(24)22-8-12-27-13-9-22/h2-5,14,20H,6-13H2,1H3. The summed E-state index contributed by atoms with van der Waals surface area (Å²) in [6, 6.07) is 7.34. The molecule has 2 amide bonds. The molecule has 27 heavy (non-hydrogen) atoms. The van der Waals surface area contributed by atoms with Crippen molar-refractivity contribution in [2.45, 2.75) is 0 Å². The van der Waals surface area contributed by atoms with E-state index in [0.29, 0.717) is 64.0 Å². The van der Waals surface area contributed by atoms with Crippen LogP contribution in [0, 0.1) is 0 Å². The Hall–Kier alpha value is -2.58. The van der Waals surface area contributed by atoms with Gasteiger partial charge in [-0.15, -0.1) is 0 Å². The van der Waals surface area contributed by atoms with Gasteiger partial charge in [-0.2, -0.15) is 0 Å². The van der Waals surface area contributed by atoms with Crippen LogP contribution in [0.4, 0.5) is 5.69 Å². The minimum absolute atomic E-state index is 0.102. The molecule has 2 aliphatic rings. The second-order valence-corrected chi connectivity index (χ2v) is 6.21. The van der Waals surface area contributed by atoms with E-state index in [1.165, 1.54) is 6.20 Å². The van der Waals surface area contributed by atoms with E-state index in [-0.39, 0.29) is 17.4 Å². The van der Waals surface area contributed by atoms with Crippen LogP contribution >= 0.6 is 0 Å². The van der Waals surface area contributed by atoms with Gasteiger partial charge in [0.05, 0.1) is 39.2 Å². The Labute approximate surface area is 158 Å². The molecule has 8 nitrogen and oxygen atoms in total. The zero-order chi connectivity index (χ0) is 19.1. The number of nitrogens with zero attached hydrogens (tertiary/aromatic N) is 2. The fraction of sp³-hybridized carbons (Fsp3) is 0.474. The summed E-state index contributed by atoms with van der Waals surface area (Å²) in [7, 11) is 1.57. The first kappa shape index (κ1) is 19.2. The Morgan fingerprint density at radius 1 is 0.963 bits per heavy atom. The highest BCUT2D eigenvalue weighted by atomic mass is 16.5. The minimum atomic E-state index is -0.294. The van der Waals surface area contributed by atoms with Crippen LogP contribution in [0.1, 0.15) is 0 Å². The Kier molecular flexibility index (Phi) is 6.67. The van der Waals surface area contributed by atoms with Crippen molar-refractivity contribution in [3.8, 4) is 5.75 Å². The molecule has 0 aromatic heterocycles. The van der Waals surface area contributed by atoms with Crippen molar-refractivity contribution in [2.75, 3.05) is 65.0 Å². The van der Waals surface area contributed by atoms with Crippen molar-refractivity contribution < 1.29 is 23.8 Å². The number of rotatable bonds is 5. The number of carbonyl (C=O) groups excluding carboxylic acids is 2.